The first kappa shape index (κ1) is 13.8. The van der Waals surface area contributed by atoms with E-state index in [9.17, 15) is 9.18 Å². The first-order chi connectivity index (χ1) is 9.61. The predicted molar refractivity (Wildman–Crippen MR) is 73.7 cm³/mol. The third-order valence-corrected chi connectivity index (χ3v) is 2.70. The molecule has 5 heteroatoms. The molecule has 0 unspecified atom stereocenters. The van der Waals surface area contributed by atoms with Gasteiger partial charge < -0.3 is 15.0 Å². The smallest absolute Gasteiger partial charge is 0.272 e. The van der Waals surface area contributed by atoms with Gasteiger partial charge in [0.1, 0.15) is 18.1 Å². The van der Waals surface area contributed by atoms with Crippen LogP contribution in [0.3, 0.4) is 0 Å². The number of hydrogen-bond donors (Lipinski definition) is 2. The number of anilines is 1. The summed E-state index contributed by atoms with van der Waals surface area (Å²) in [4.78, 5) is 12.0. The molecular weight excluding hydrogens is 259 g/mol. The molecule has 0 bridgehead atoms. The van der Waals surface area contributed by atoms with Gasteiger partial charge >= 0.3 is 0 Å². The number of hydrogen-bond acceptors (Lipinski definition) is 2. The van der Waals surface area contributed by atoms with E-state index in [1.54, 1.807) is 29.9 Å². The Labute approximate surface area is 115 Å². The Bertz CT molecular complexity index is 695. The maximum Gasteiger partial charge on any atom is 0.272 e. The number of carbonyl (C=O) groups excluding carboxylic acids is 1. The van der Waals surface area contributed by atoms with Crippen LogP contribution in [-0.4, -0.2) is 22.2 Å². The third kappa shape index (κ3) is 3.05. The Kier molecular flexibility index (Phi) is 4.18. The average molecular weight is 272 g/mol. The van der Waals surface area contributed by atoms with Crippen LogP contribution >= 0.6 is 0 Å². The number of nitrogens with zero attached hydrogens (tertiary/aromatic N) is 1. The number of nitrogens with one attached hydrogen (secondary N) is 1. The first-order valence-corrected chi connectivity index (χ1v) is 5.94. The molecule has 0 atom stereocenters. The molecule has 1 amide bonds. The number of amides is 1. The molecule has 1 aromatic carbocycles. The normalized spacial score (nSPS) is 9.75. The van der Waals surface area contributed by atoms with Crippen LogP contribution in [0.2, 0.25) is 0 Å². The second-order valence-electron chi connectivity index (χ2n) is 4.11. The Hall–Kier alpha value is -2.58. The number of benzene rings is 1. The number of rotatable bonds is 2. The Morgan fingerprint density at radius 2 is 2.25 bits per heavy atom. The lowest BCUT2D eigenvalue weighted by Gasteiger charge is -2.07. The molecule has 0 aliphatic heterocycles. The number of aliphatic hydroxyl groups is 1. The van der Waals surface area contributed by atoms with Crippen LogP contribution in [0, 0.1) is 17.7 Å². The van der Waals surface area contributed by atoms with Crippen LogP contribution < -0.4 is 5.32 Å². The van der Waals surface area contributed by atoms with E-state index in [4.69, 9.17) is 5.11 Å². The van der Waals surface area contributed by atoms with Crippen LogP contribution in [-0.2, 0) is 7.05 Å². The molecule has 0 aliphatic rings. The zero-order valence-corrected chi connectivity index (χ0v) is 10.9. The van der Waals surface area contributed by atoms with Crippen molar-refractivity contribution in [3.05, 3.63) is 53.6 Å². The lowest BCUT2D eigenvalue weighted by Crippen LogP contribution is -2.15. The fraction of sp³-hybridized carbons (Fsp3) is 0.133. The number of carbonyl (C=O) groups is 1. The standard InChI is InChI=1S/C15H13FN2O2/c1-18-8-2-5-14(18)15(20)17-12-6-7-13(16)11(10-12)4-3-9-19/h2,5-8,10,19H,9H2,1H3,(H,17,20). The molecule has 2 N–H and O–H groups in total. The van der Waals surface area contributed by atoms with Crippen molar-refractivity contribution in [2.75, 3.05) is 11.9 Å². The summed E-state index contributed by atoms with van der Waals surface area (Å²) in [6.45, 7) is -0.348. The third-order valence-electron chi connectivity index (χ3n) is 2.70. The number of halogens is 1. The van der Waals surface area contributed by atoms with E-state index in [-0.39, 0.29) is 18.1 Å². The van der Waals surface area contributed by atoms with Crippen LogP contribution in [0.15, 0.2) is 36.5 Å². The summed E-state index contributed by atoms with van der Waals surface area (Å²) in [5.74, 6) is 4.08. The maximum absolute atomic E-state index is 13.5. The van der Waals surface area contributed by atoms with E-state index >= 15 is 0 Å². The van der Waals surface area contributed by atoms with E-state index in [0.717, 1.165) is 0 Å². The maximum atomic E-state index is 13.5. The van der Waals surface area contributed by atoms with Crippen molar-refractivity contribution in [2.45, 2.75) is 0 Å². The van der Waals surface area contributed by atoms with Crippen molar-refractivity contribution in [3.8, 4) is 11.8 Å². The summed E-state index contributed by atoms with van der Waals surface area (Å²) < 4.78 is 15.2. The molecule has 0 aliphatic carbocycles. The molecule has 0 radical (unpaired) electrons. The first-order valence-electron chi connectivity index (χ1n) is 5.94. The number of aliphatic hydroxyl groups excluding tert-OH is 1. The van der Waals surface area contributed by atoms with E-state index in [1.807, 2.05) is 0 Å². The van der Waals surface area contributed by atoms with E-state index < -0.39 is 5.82 Å². The zero-order valence-electron chi connectivity index (χ0n) is 10.9. The predicted octanol–water partition coefficient (Wildman–Crippen LogP) is 1.76. The van der Waals surface area contributed by atoms with Crippen molar-refractivity contribution < 1.29 is 14.3 Å². The van der Waals surface area contributed by atoms with Gasteiger partial charge in [-0.3, -0.25) is 4.79 Å². The molecule has 4 nitrogen and oxygen atoms in total. The lowest BCUT2D eigenvalue weighted by molar-refractivity contribution is 0.101. The van der Waals surface area contributed by atoms with Gasteiger partial charge in [-0.05, 0) is 30.3 Å². The van der Waals surface area contributed by atoms with Crippen molar-refractivity contribution in [2.24, 2.45) is 7.05 Å². The van der Waals surface area contributed by atoms with E-state index in [1.165, 1.54) is 18.2 Å². The Balaban J connectivity index is 2.22. The van der Waals surface area contributed by atoms with Gasteiger partial charge in [-0.1, -0.05) is 11.8 Å². The van der Waals surface area contributed by atoms with Crippen molar-refractivity contribution >= 4 is 11.6 Å². The van der Waals surface area contributed by atoms with Crippen LogP contribution in [0.1, 0.15) is 16.1 Å². The van der Waals surface area contributed by atoms with Gasteiger partial charge in [0.25, 0.3) is 5.91 Å². The van der Waals surface area contributed by atoms with Gasteiger partial charge in [0.15, 0.2) is 0 Å². The summed E-state index contributed by atoms with van der Waals surface area (Å²) in [7, 11) is 1.76. The van der Waals surface area contributed by atoms with E-state index in [2.05, 4.69) is 17.2 Å². The molecular formula is C15H13FN2O2. The molecule has 1 heterocycles. The van der Waals surface area contributed by atoms with Crippen LogP contribution in [0.4, 0.5) is 10.1 Å². The Morgan fingerprint density at radius 1 is 1.45 bits per heavy atom. The molecule has 0 spiro atoms. The monoisotopic (exact) mass is 272 g/mol. The minimum Gasteiger partial charge on any atom is -0.384 e. The zero-order chi connectivity index (χ0) is 14.5. The topological polar surface area (TPSA) is 54.3 Å². The Morgan fingerprint density at radius 3 is 2.90 bits per heavy atom. The molecule has 0 fully saturated rings. The fourth-order valence-electron chi connectivity index (χ4n) is 1.73. The van der Waals surface area contributed by atoms with Gasteiger partial charge in [0, 0.05) is 18.9 Å². The highest BCUT2D eigenvalue weighted by atomic mass is 19.1. The minimum absolute atomic E-state index is 0.128. The molecule has 102 valence electrons. The highest BCUT2D eigenvalue weighted by Gasteiger charge is 2.10. The second-order valence-corrected chi connectivity index (χ2v) is 4.11. The van der Waals surface area contributed by atoms with Gasteiger partial charge in [0.05, 0.1) is 5.56 Å². The minimum atomic E-state index is -0.497. The van der Waals surface area contributed by atoms with Crippen molar-refractivity contribution in [3.63, 3.8) is 0 Å². The van der Waals surface area contributed by atoms with Gasteiger partial charge in [0.2, 0.25) is 0 Å². The molecule has 2 rings (SSSR count). The molecule has 1 aromatic heterocycles. The summed E-state index contributed by atoms with van der Waals surface area (Å²) in [6, 6.07) is 7.56. The van der Waals surface area contributed by atoms with Crippen LogP contribution in [0.5, 0.6) is 0 Å². The summed E-state index contributed by atoms with van der Waals surface area (Å²) in [5, 5.41) is 11.3. The summed E-state index contributed by atoms with van der Waals surface area (Å²) >= 11 is 0. The van der Waals surface area contributed by atoms with Crippen molar-refractivity contribution in [1.82, 2.24) is 4.57 Å². The molecule has 0 saturated heterocycles. The molecule has 2 aromatic rings. The second kappa shape index (κ2) is 6.04. The molecule has 0 saturated carbocycles. The molecule has 20 heavy (non-hydrogen) atoms. The summed E-state index contributed by atoms with van der Waals surface area (Å²) in [6.07, 6.45) is 1.76. The van der Waals surface area contributed by atoms with Gasteiger partial charge in [-0.15, -0.1) is 0 Å². The van der Waals surface area contributed by atoms with E-state index in [0.29, 0.717) is 11.4 Å². The van der Waals surface area contributed by atoms with Gasteiger partial charge in [-0.25, -0.2) is 4.39 Å². The highest BCUT2D eigenvalue weighted by molar-refractivity contribution is 6.03. The fourth-order valence-corrected chi connectivity index (χ4v) is 1.73. The van der Waals surface area contributed by atoms with Gasteiger partial charge in [-0.2, -0.15) is 0 Å². The van der Waals surface area contributed by atoms with Crippen molar-refractivity contribution in [1.29, 1.82) is 0 Å². The SMILES string of the molecule is Cn1cccc1C(=O)Nc1ccc(F)c(C#CCO)c1. The average Bonchev–Trinajstić information content (AvgIpc) is 2.85. The summed E-state index contributed by atoms with van der Waals surface area (Å²) in [5.41, 5.74) is 1.07. The number of aryl methyl sites for hydroxylation is 1. The quantitative estimate of drug-likeness (QED) is 0.818. The largest absolute Gasteiger partial charge is 0.384 e. The number of aromatic nitrogens is 1. The highest BCUT2D eigenvalue weighted by Crippen LogP contribution is 2.15. The van der Waals surface area contributed by atoms with Crippen LogP contribution in [0.25, 0.3) is 0 Å². The lowest BCUT2D eigenvalue weighted by atomic mass is 10.2.